The minimum absolute atomic E-state index is 0.113. The maximum Gasteiger partial charge on any atom is 0.303 e. The first-order valence-electron chi connectivity index (χ1n) is 7.53. The molecule has 0 amide bonds. The van der Waals surface area contributed by atoms with Crippen molar-refractivity contribution in [3.05, 3.63) is 11.9 Å². The van der Waals surface area contributed by atoms with Crippen molar-refractivity contribution < 1.29 is 14.6 Å². The summed E-state index contributed by atoms with van der Waals surface area (Å²) in [7, 11) is 1.84. The van der Waals surface area contributed by atoms with Crippen LogP contribution in [0.4, 0.5) is 0 Å². The smallest absolute Gasteiger partial charge is 0.303 e. The highest BCUT2D eigenvalue weighted by Gasteiger charge is 2.39. The zero-order valence-corrected chi connectivity index (χ0v) is 12.3. The Morgan fingerprint density at radius 1 is 1.43 bits per heavy atom. The van der Waals surface area contributed by atoms with E-state index < -0.39 is 5.97 Å². The number of carboxylic acid groups (broad SMARTS) is 1. The molecule has 21 heavy (non-hydrogen) atoms. The van der Waals surface area contributed by atoms with Crippen LogP contribution in [0.15, 0.2) is 6.20 Å². The van der Waals surface area contributed by atoms with Gasteiger partial charge in [0.05, 0.1) is 12.1 Å². The number of carbonyl (C=O) groups is 1. The van der Waals surface area contributed by atoms with Crippen LogP contribution in [0, 0.1) is 5.92 Å². The zero-order valence-electron chi connectivity index (χ0n) is 12.3. The average molecular weight is 294 g/mol. The minimum atomic E-state index is -0.734. The molecule has 0 radical (unpaired) electrons. The molecule has 3 heterocycles. The third kappa shape index (κ3) is 3.24. The van der Waals surface area contributed by atoms with E-state index in [0.29, 0.717) is 6.04 Å². The van der Waals surface area contributed by atoms with Gasteiger partial charge in [-0.25, -0.2) is 0 Å². The van der Waals surface area contributed by atoms with Crippen LogP contribution in [0.1, 0.15) is 30.9 Å². The highest BCUT2D eigenvalue weighted by Crippen LogP contribution is 2.36. The van der Waals surface area contributed by atoms with Crippen LogP contribution in [-0.2, 0) is 16.6 Å². The number of ether oxygens (including phenoxy) is 1. The molecule has 2 aliphatic rings. The molecule has 0 aromatic carbocycles. The summed E-state index contributed by atoms with van der Waals surface area (Å²) < 4.78 is 7.10. The van der Waals surface area contributed by atoms with E-state index in [1.165, 1.54) is 0 Å². The molecule has 1 aromatic rings. The van der Waals surface area contributed by atoms with E-state index in [1.54, 1.807) is 4.68 Å². The lowest BCUT2D eigenvalue weighted by Gasteiger charge is -2.31. The molecule has 2 atom stereocenters. The summed E-state index contributed by atoms with van der Waals surface area (Å²) in [6, 6.07) is 0.511. The second-order valence-electron chi connectivity index (χ2n) is 6.08. The molecule has 1 aromatic heterocycles. The van der Waals surface area contributed by atoms with Crippen LogP contribution in [0.3, 0.4) is 0 Å². The van der Waals surface area contributed by atoms with Gasteiger partial charge < -0.3 is 9.84 Å². The Hall–Kier alpha value is -1.47. The summed E-state index contributed by atoms with van der Waals surface area (Å²) in [4.78, 5) is 13.6. The van der Waals surface area contributed by atoms with Gasteiger partial charge in [0, 0.05) is 51.5 Å². The molecule has 3 rings (SSSR count). The van der Waals surface area contributed by atoms with E-state index in [-0.39, 0.29) is 18.3 Å². The molecule has 116 valence electrons. The maximum atomic E-state index is 11.1. The fourth-order valence-electron chi connectivity index (χ4n) is 3.55. The van der Waals surface area contributed by atoms with Crippen LogP contribution in [0.5, 0.6) is 0 Å². The SMILES string of the molecule is Cn1cc([C@@H]2CN(C3CCOCC3)C[C@@H]2CC(=O)O)nn1. The third-order valence-electron chi connectivity index (χ3n) is 4.61. The van der Waals surface area contributed by atoms with Crippen molar-refractivity contribution in [2.24, 2.45) is 13.0 Å². The highest BCUT2D eigenvalue weighted by molar-refractivity contribution is 5.67. The van der Waals surface area contributed by atoms with Crippen molar-refractivity contribution in [2.75, 3.05) is 26.3 Å². The van der Waals surface area contributed by atoms with Crippen LogP contribution in [0.25, 0.3) is 0 Å². The molecule has 7 heteroatoms. The second-order valence-corrected chi connectivity index (χ2v) is 6.08. The largest absolute Gasteiger partial charge is 0.481 e. The van der Waals surface area contributed by atoms with Gasteiger partial charge in [-0.15, -0.1) is 5.10 Å². The van der Waals surface area contributed by atoms with Crippen LogP contribution in [0.2, 0.25) is 0 Å². The lowest BCUT2D eigenvalue weighted by atomic mass is 9.91. The molecule has 0 spiro atoms. The summed E-state index contributed by atoms with van der Waals surface area (Å²) in [6.45, 7) is 3.32. The van der Waals surface area contributed by atoms with Gasteiger partial charge in [0.2, 0.25) is 0 Å². The average Bonchev–Trinajstić information content (AvgIpc) is 3.05. The Morgan fingerprint density at radius 3 is 2.81 bits per heavy atom. The Labute approximate surface area is 123 Å². The standard InChI is InChI=1S/C14H22N4O3/c1-17-9-13(15-16-17)12-8-18(7-10(12)6-14(19)20)11-2-4-21-5-3-11/h9-12H,2-8H2,1H3,(H,19,20)/t10-,12+/m0/s1. The number of hydrogen-bond acceptors (Lipinski definition) is 5. The highest BCUT2D eigenvalue weighted by atomic mass is 16.5. The van der Waals surface area contributed by atoms with Gasteiger partial charge in [0.15, 0.2) is 0 Å². The number of aromatic nitrogens is 3. The number of nitrogens with zero attached hydrogens (tertiary/aromatic N) is 4. The van der Waals surface area contributed by atoms with Gasteiger partial charge in [-0.1, -0.05) is 5.21 Å². The molecular formula is C14H22N4O3. The minimum Gasteiger partial charge on any atom is -0.481 e. The first kappa shape index (κ1) is 14.5. The van der Waals surface area contributed by atoms with Crippen molar-refractivity contribution >= 4 is 5.97 Å². The number of hydrogen-bond donors (Lipinski definition) is 1. The molecule has 2 saturated heterocycles. The monoisotopic (exact) mass is 294 g/mol. The molecule has 0 unspecified atom stereocenters. The van der Waals surface area contributed by atoms with E-state index >= 15 is 0 Å². The summed E-state index contributed by atoms with van der Waals surface area (Å²) in [5.74, 6) is -0.456. The van der Waals surface area contributed by atoms with Gasteiger partial charge in [0.1, 0.15) is 0 Å². The number of likely N-dealkylation sites (tertiary alicyclic amines) is 1. The van der Waals surface area contributed by atoms with E-state index in [9.17, 15) is 4.79 Å². The Balaban J connectivity index is 1.74. The molecule has 0 saturated carbocycles. The second kappa shape index (κ2) is 6.11. The quantitative estimate of drug-likeness (QED) is 0.870. The Bertz CT molecular complexity index is 498. The maximum absolute atomic E-state index is 11.1. The predicted octanol–water partition coefficient (Wildman–Crippen LogP) is 0.484. The predicted molar refractivity (Wildman–Crippen MR) is 74.9 cm³/mol. The topological polar surface area (TPSA) is 80.5 Å². The van der Waals surface area contributed by atoms with Crippen LogP contribution in [-0.4, -0.2) is 63.3 Å². The van der Waals surface area contributed by atoms with Crippen LogP contribution >= 0.6 is 0 Å². The van der Waals surface area contributed by atoms with E-state index in [4.69, 9.17) is 9.84 Å². The molecule has 2 aliphatic heterocycles. The van der Waals surface area contributed by atoms with E-state index in [0.717, 1.165) is 44.8 Å². The molecule has 0 bridgehead atoms. The van der Waals surface area contributed by atoms with E-state index in [2.05, 4.69) is 15.2 Å². The van der Waals surface area contributed by atoms with Gasteiger partial charge in [-0.3, -0.25) is 14.4 Å². The van der Waals surface area contributed by atoms with Crippen molar-refractivity contribution in [1.29, 1.82) is 0 Å². The first-order valence-corrected chi connectivity index (χ1v) is 7.53. The number of rotatable bonds is 4. The first-order chi connectivity index (χ1) is 10.1. The molecular weight excluding hydrogens is 272 g/mol. The summed E-state index contributed by atoms with van der Waals surface area (Å²) in [6.07, 6.45) is 4.17. The number of aryl methyl sites for hydroxylation is 1. The lowest BCUT2D eigenvalue weighted by molar-refractivity contribution is -0.138. The molecule has 2 fully saturated rings. The van der Waals surface area contributed by atoms with Gasteiger partial charge >= 0.3 is 5.97 Å². The van der Waals surface area contributed by atoms with Crippen molar-refractivity contribution in [2.45, 2.75) is 31.2 Å². The number of carboxylic acids is 1. The van der Waals surface area contributed by atoms with Gasteiger partial charge in [0.25, 0.3) is 0 Å². The van der Waals surface area contributed by atoms with Crippen LogP contribution < -0.4 is 0 Å². The van der Waals surface area contributed by atoms with Gasteiger partial charge in [-0.2, -0.15) is 0 Å². The summed E-state index contributed by atoms with van der Waals surface area (Å²) >= 11 is 0. The Kier molecular flexibility index (Phi) is 4.21. The molecule has 1 N–H and O–H groups in total. The van der Waals surface area contributed by atoms with Crippen molar-refractivity contribution in [1.82, 2.24) is 19.9 Å². The fraction of sp³-hybridized carbons (Fsp3) is 0.786. The zero-order chi connectivity index (χ0) is 14.8. The Morgan fingerprint density at radius 2 is 2.19 bits per heavy atom. The molecule has 7 nitrogen and oxygen atoms in total. The van der Waals surface area contributed by atoms with E-state index in [1.807, 2.05) is 13.2 Å². The summed E-state index contributed by atoms with van der Waals surface area (Å²) in [5.41, 5.74) is 0.915. The lowest BCUT2D eigenvalue weighted by Crippen LogP contribution is -2.38. The van der Waals surface area contributed by atoms with Gasteiger partial charge in [-0.05, 0) is 18.8 Å². The third-order valence-corrected chi connectivity index (χ3v) is 4.61. The summed E-state index contributed by atoms with van der Waals surface area (Å²) in [5, 5.41) is 17.4. The van der Waals surface area contributed by atoms with Crippen molar-refractivity contribution in [3.63, 3.8) is 0 Å². The number of aliphatic carboxylic acids is 1. The van der Waals surface area contributed by atoms with Crippen molar-refractivity contribution in [3.8, 4) is 0 Å². The fourth-order valence-corrected chi connectivity index (χ4v) is 3.55. The normalized spacial score (nSPS) is 28.0. The molecule has 0 aliphatic carbocycles.